The molecule has 3 unspecified atom stereocenters. The normalized spacial score (nSPS) is 25.3. The van der Waals surface area contributed by atoms with Crippen molar-refractivity contribution in [3.8, 4) is 5.75 Å². The standard InChI is InChI=1S/C14H19Cl2NO3/c1-17-11-8-13(14(11)19-6-5-18-2)20-12-4-3-9(15)7-10(12)16/h3-4,7,11,13-14,17H,5-6,8H2,1-2H3. The summed E-state index contributed by atoms with van der Waals surface area (Å²) in [5, 5.41) is 4.33. The fourth-order valence-corrected chi connectivity index (χ4v) is 2.66. The first kappa shape index (κ1) is 15.9. The summed E-state index contributed by atoms with van der Waals surface area (Å²) in [6.07, 6.45) is 0.873. The van der Waals surface area contributed by atoms with Gasteiger partial charge >= 0.3 is 0 Å². The average molecular weight is 320 g/mol. The van der Waals surface area contributed by atoms with Crippen LogP contribution in [-0.2, 0) is 9.47 Å². The van der Waals surface area contributed by atoms with Gasteiger partial charge in [0.05, 0.1) is 18.2 Å². The van der Waals surface area contributed by atoms with Crippen LogP contribution in [0.25, 0.3) is 0 Å². The maximum Gasteiger partial charge on any atom is 0.138 e. The third-order valence-corrected chi connectivity index (χ3v) is 3.92. The van der Waals surface area contributed by atoms with E-state index in [9.17, 15) is 0 Å². The molecule has 0 amide bonds. The molecule has 2 rings (SSSR count). The second-order valence-corrected chi connectivity index (χ2v) is 5.53. The molecular formula is C14H19Cl2NO3. The molecule has 0 heterocycles. The Morgan fingerprint density at radius 2 is 2.10 bits per heavy atom. The van der Waals surface area contributed by atoms with Crippen molar-refractivity contribution in [1.29, 1.82) is 0 Å². The van der Waals surface area contributed by atoms with Gasteiger partial charge in [-0.25, -0.2) is 0 Å². The lowest BCUT2D eigenvalue weighted by molar-refractivity contribution is -0.114. The zero-order chi connectivity index (χ0) is 14.5. The number of halogens is 2. The van der Waals surface area contributed by atoms with Crippen molar-refractivity contribution >= 4 is 23.2 Å². The summed E-state index contributed by atoms with van der Waals surface area (Å²) in [7, 11) is 3.57. The van der Waals surface area contributed by atoms with Crippen LogP contribution in [0.3, 0.4) is 0 Å². The first-order valence-corrected chi connectivity index (χ1v) is 7.30. The summed E-state index contributed by atoms with van der Waals surface area (Å²) in [6.45, 7) is 1.12. The lowest BCUT2D eigenvalue weighted by Gasteiger charge is -2.43. The van der Waals surface area contributed by atoms with Gasteiger partial charge in [-0.05, 0) is 25.2 Å². The van der Waals surface area contributed by atoms with Gasteiger partial charge in [0, 0.05) is 24.6 Å². The van der Waals surface area contributed by atoms with Gasteiger partial charge in [-0.3, -0.25) is 0 Å². The third-order valence-electron chi connectivity index (χ3n) is 3.39. The number of rotatable bonds is 7. The molecule has 1 aliphatic rings. The molecule has 6 heteroatoms. The van der Waals surface area contributed by atoms with Crippen LogP contribution < -0.4 is 10.1 Å². The van der Waals surface area contributed by atoms with Gasteiger partial charge in [0.15, 0.2) is 0 Å². The van der Waals surface area contributed by atoms with Gasteiger partial charge in [-0.1, -0.05) is 23.2 Å². The lowest BCUT2D eigenvalue weighted by atomic mass is 9.85. The fraction of sp³-hybridized carbons (Fsp3) is 0.571. The number of hydrogen-bond donors (Lipinski definition) is 1. The van der Waals surface area contributed by atoms with Crippen molar-refractivity contribution < 1.29 is 14.2 Å². The molecule has 0 aliphatic heterocycles. The van der Waals surface area contributed by atoms with Crippen molar-refractivity contribution in [2.75, 3.05) is 27.4 Å². The van der Waals surface area contributed by atoms with Gasteiger partial charge in [0.2, 0.25) is 0 Å². The third kappa shape index (κ3) is 3.77. The Morgan fingerprint density at radius 1 is 1.30 bits per heavy atom. The Balaban J connectivity index is 1.94. The van der Waals surface area contributed by atoms with Crippen LogP contribution >= 0.6 is 23.2 Å². The molecule has 1 saturated carbocycles. The van der Waals surface area contributed by atoms with Crippen molar-refractivity contribution in [2.45, 2.75) is 24.7 Å². The number of likely N-dealkylation sites (N-methyl/N-ethyl adjacent to an activating group) is 1. The Bertz CT molecular complexity index is 444. The minimum Gasteiger partial charge on any atom is -0.486 e. The Labute approximate surface area is 129 Å². The van der Waals surface area contributed by atoms with E-state index in [1.165, 1.54) is 0 Å². The van der Waals surface area contributed by atoms with Gasteiger partial charge in [0.25, 0.3) is 0 Å². The first-order chi connectivity index (χ1) is 9.65. The molecule has 0 spiro atoms. The second-order valence-electron chi connectivity index (χ2n) is 4.69. The fourth-order valence-electron chi connectivity index (χ4n) is 2.20. The largest absolute Gasteiger partial charge is 0.486 e. The van der Waals surface area contributed by atoms with Crippen molar-refractivity contribution in [1.82, 2.24) is 5.32 Å². The van der Waals surface area contributed by atoms with E-state index in [4.69, 9.17) is 37.4 Å². The summed E-state index contributed by atoms with van der Waals surface area (Å²) in [4.78, 5) is 0. The molecule has 1 N–H and O–H groups in total. The molecule has 112 valence electrons. The SMILES string of the molecule is CNC1CC(Oc2ccc(Cl)cc2Cl)C1OCCOC. The van der Waals surface area contributed by atoms with Crippen LogP contribution in [0.1, 0.15) is 6.42 Å². The van der Waals surface area contributed by atoms with E-state index in [1.54, 1.807) is 25.3 Å². The molecule has 1 fully saturated rings. The van der Waals surface area contributed by atoms with E-state index in [-0.39, 0.29) is 12.2 Å². The Kier molecular flexibility index (Phi) is 5.93. The molecule has 1 aromatic rings. The molecular weight excluding hydrogens is 301 g/mol. The number of ether oxygens (including phenoxy) is 3. The maximum atomic E-state index is 6.11. The molecule has 4 nitrogen and oxygen atoms in total. The smallest absolute Gasteiger partial charge is 0.138 e. The number of hydrogen-bond acceptors (Lipinski definition) is 4. The summed E-state index contributed by atoms with van der Waals surface area (Å²) < 4.78 is 16.7. The number of benzene rings is 1. The molecule has 20 heavy (non-hydrogen) atoms. The van der Waals surface area contributed by atoms with Gasteiger partial charge in [-0.2, -0.15) is 0 Å². The van der Waals surface area contributed by atoms with E-state index in [1.807, 2.05) is 7.05 Å². The molecule has 0 aromatic heterocycles. The number of methoxy groups -OCH3 is 1. The summed E-state index contributed by atoms with van der Waals surface area (Å²) in [6, 6.07) is 5.51. The summed E-state index contributed by atoms with van der Waals surface area (Å²) in [5.74, 6) is 0.635. The topological polar surface area (TPSA) is 39.7 Å². The lowest BCUT2D eigenvalue weighted by Crippen LogP contribution is -2.60. The summed E-state index contributed by atoms with van der Waals surface area (Å²) >= 11 is 12.0. The Hall–Kier alpha value is -0.520. The zero-order valence-electron chi connectivity index (χ0n) is 11.6. The average Bonchev–Trinajstić information content (AvgIpc) is 2.41. The van der Waals surface area contributed by atoms with Crippen LogP contribution in [0.4, 0.5) is 0 Å². The first-order valence-electron chi connectivity index (χ1n) is 6.55. The van der Waals surface area contributed by atoms with Crippen molar-refractivity contribution in [3.63, 3.8) is 0 Å². The summed E-state index contributed by atoms with van der Waals surface area (Å²) in [5.41, 5.74) is 0. The van der Waals surface area contributed by atoms with Gasteiger partial charge in [0.1, 0.15) is 18.0 Å². The molecule has 0 bridgehead atoms. The van der Waals surface area contributed by atoms with Crippen LogP contribution in [0.5, 0.6) is 5.75 Å². The van der Waals surface area contributed by atoms with E-state index >= 15 is 0 Å². The van der Waals surface area contributed by atoms with Crippen LogP contribution in [0.15, 0.2) is 18.2 Å². The molecule has 0 radical (unpaired) electrons. The zero-order valence-corrected chi connectivity index (χ0v) is 13.1. The quantitative estimate of drug-likeness (QED) is 0.784. The van der Waals surface area contributed by atoms with Gasteiger partial charge in [-0.15, -0.1) is 0 Å². The minimum absolute atomic E-state index is 0.00175. The van der Waals surface area contributed by atoms with Crippen molar-refractivity contribution in [3.05, 3.63) is 28.2 Å². The monoisotopic (exact) mass is 319 g/mol. The van der Waals surface area contributed by atoms with Crippen LogP contribution in [0, 0.1) is 0 Å². The molecule has 0 saturated heterocycles. The maximum absolute atomic E-state index is 6.11. The highest BCUT2D eigenvalue weighted by molar-refractivity contribution is 6.35. The highest BCUT2D eigenvalue weighted by Crippen LogP contribution is 2.33. The predicted octanol–water partition coefficient (Wildman–Crippen LogP) is 2.76. The van der Waals surface area contributed by atoms with Crippen LogP contribution in [0.2, 0.25) is 10.0 Å². The highest BCUT2D eigenvalue weighted by Gasteiger charge is 2.43. The predicted molar refractivity (Wildman–Crippen MR) is 80.0 cm³/mol. The van der Waals surface area contributed by atoms with E-state index in [2.05, 4.69) is 5.32 Å². The minimum atomic E-state index is -0.0111. The highest BCUT2D eigenvalue weighted by atomic mass is 35.5. The second kappa shape index (κ2) is 7.48. The van der Waals surface area contributed by atoms with Crippen molar-refractivity contribution in [2.24, 2.45) is 0 Å². The Morgan fingerprint density at radius 3 is 2.75 bits per heavy atom. The van der Waals surface area contributed by atoms with Gasteiger partial charge < -0.3 is 19.5 Å². The molecule has 1 aliphatic carbocycles. The van der Waals surface area contributed by atoms with E-state index in [0.717, 1.165) is 6.42 Å². The molecule has 3 atom stereocenters. The number of nitrogens with one attached hydrogen (secondary N) is 1. The van der Waals surface area contributed by atoms with E-state index in [0.29, 0.717) is 35.1 Å². The van der Waals surface area contributed by atoms with E-state index < -0.39 is 0 Å². The van der Waals surface area contributed by atoms with Crippen LogP contribution in [-0.4, -0.2) is 45.6 Å². The molecule has 1 aromatic carbocycles.